The molecule has 0 atom stereocenters. The van der Waals surface area contributed by atoms with Crippen LogP contribution in [-0.4, -0.2) is 0 Å². The van der Waals surface area contributed by atoms with Crippen molar-refractivity contribution in [3.63, 3.8) is 0 Å². The van der Waals surface area contributed by atoms with Gasteiger partial charge in [-0.2, -0.15) is 0 Å². The molecule has 1 aromatic heterocycles. The highest BCUT2D eigenvalue weighted by molar-refractivity contribution is 7.18. The number of hydrogen-bond acceptors (Lipinski definition) is 2. The van der Waals surface area contributed by atoms with Crippen LogP contribution in [0, 0.1) is 0 Å². The van der Waals surface area contributed by atoms with Crippen LogP contribution in [0.5, 0.6) is 11.5 Å². The normalized spacial score (nSPS) is 11.8. The third-order valence-corrected chi connectivity index (χ3v) is 9.90. The van der Waals surface area contributed by atoms with E-state index in [0.29, 0.717) is 0 Å². The smallest absolute Gasteiger partial charge is 0.135 e. The summed E-state index contributed by atoms with van der Waals surface area (Å²) < 4.78 is 6.24. The lowest BCUT2D eigenvalue weighted by Crippen LogP contribution is -1.97. The number of benzene rings is 7. The summed E-state index contributed by atoms with van der Waals surface area (Å²) in [5.74, 6) is 1.85. The summed E-state index contributed by atoms with van der Waals surface area (Å²) in [5, 5.41) is 4.95. The van der Waals surface area contributed by atoms with Gasteiger partial charge < -0.3 is 4.74 Å². The zero-order valence-electron chi connectivity index (χ0n) is 23.8. The maximum atomic E-state index is 6.24. The number of hydrogen-bond donors (Lipinski definition) is 0. The van der Waals surface area contributed by atoms with Gasteiger partial charge in [0.15, 0.2) is 0 Å². The fourth-order valence-corrected chi connectivity index (χ4v) is 7.52. The van der Waals surface area contributed by atoms with Crippen LogP contribution in [0.15, 0.2) is 158 Å². The molecule has 2 heterocycles. The van der Waals surface area contributed by atoms with E-state index < -0.39 is 0 Å². The van der Waals surface area contributed by atoms with Gasteiger partial charge in [0.05, 0.1) is 0 Å². The molecule has 0 aliphatic carbocycles. The summed E-state index contributed by atoms with van der Waals surface area (Å²) in [4.78, 5) is 2.53. The number of rotatable bonds is 4. The van der Waals surface area contributed by atoms with Crippen molar-refractivity contribution < 1.29 is 4.74 Å². The Hall–Kier alpha value is -5.44. The molecule has 0 amide bonds. The molecule has 206 valence electrons. The number of thiophene rings is 1. The SMILES string of the molecule is c1ccc2c(c1)Oc1cccc3cc(-c4ccc(-c5ccc(-c6ccc(-c7cccc8ccccc78)cc6)cc5)s4)cc-2c13. The predicted octanol–water partition coefficient (Wildman–Crippen LogP) is 12.5. The Balaban J connectivity index is 1.01. The molecule has 0 radical (unpaired) electrons. The second kappa shape index (κ2) is 10.1. The molecule has 7 aromatic carbocycles. The second-order valence-corrected chi connectivity index (χ2v) is 12.4. The standard InChI is InChI=1S/C42H26OS/c1-2-10-34-29(7-1)8-5-12-35(34)30-19-15-27(16-20-30)28-17-21-31(22-18-28)40-23-24-41(44-40)33-25-32-9-6-14-39-42(32)37(26-33)36-11-3-4-13-38(36)43-39/h1-26H. The van der Waals surface area contributed by atoms with Gasteiger partial charge in [0, 0.05) is 20.7 Å². The lowest BCUT2D eigenvalue weighted by Gasteiger charge is -2.21. The van der Waals surface area contributed by atoms with E-state index in [4.69, 9.17) is 4.74 Å². The number of fused-ring (bicyclic) bond motifs is 3. The Kier molecular flexibility index (Phi) is 5.75. The fraction of sp³-hybridized carbons (Fsp3) is 0. The molecule has 0 saturated carbocycles. The fourth-order valence-electron chi connectivity index (χ4n) is 6.52. The van der Waals surface area contributed by atoms with Gasteiger partial charge in [0.2, 0.25) is 0 Å². The van der Waals surface area contributed by atoms with Crippen LogP contribution in [0.3, 0.4) is 0 Å². The molecule has 44 heavy (non-hydrogen) atoms. The molecule has 0 bridgehead atoms. The van der Waals surface area contributed by atoms with Crippen molar-refractivity contribution in [1.82, 2.24) is 0 Å². The first-order valence-electron chi connectivity index (χ1n) is 14.9. The van der Waals surface area contributed by atoms with Gasteiger partial charge in [0.25, 0.3) is 0 Å². The lowest BCUT2D eigenvalue weighted by atomic mass is 9.92. The van der Waals surface area contributed by atoms with Crippen molar-refractivity contribution >= 4 is 32.9 Å². The quantitative estimate of drug-likeness (QED) is 0.202. The molecule has 0 fully saturated rings. The van der Waals surface area contributed by atoms with E-state index in [1.54, 1.807) is 0 Å². The molecule has 2 heteroatoms. The molecular weight excluding hydrogens is 553 g/mol. The maximum Gasteiger partial charge on any atom is 0.135 e. The monoisotopic (exact) mass is 578 g/mol. The van der Waals surface area contributed by atoms with Crippen LogP contribution < -0.4 is 4.74 Å². The van der Waals surface area contributed by atoms with E-state index in [2.05, 4.69) is 152 Å². The summed E-state index contributed by atoms with van der Waals surface area (Å²) >= 11 is 1.84. The zero-order chi connectivity index (χ0) is 29.0. The minimum absolute atomic E-state index is 0.916. The van der Waals surface area contributed by atoms with Crippen molar-refractivity contribution in [2.75, 3.05) is 0 Å². The number of ether oxygens (including phenoxy) is 1. The van der Waals surface area contributed by atoms with E-state index >= 15 is 0 Å². The third kappa shape index (κ3) is 4.15. The summed E-state index contributed by atoms with van der Waals surface area (Å²) in [6, 6.07) is 56.8. The highest BCUT2D eigenvalue weighted by atomic mass is 32.1. The molecule has 1 nitrogen and oxygen atoms in total. The first kappa shape index (κ1) is 25.1. The van der Waals surface area contributed by atoms with Crippen LogP contribution in [0.4, 0.5) is 0 Å². The van der Waals surface area contributed by atoms with E-state index in [1.165, 1.54) is 70.2 Å². The number of para-hydroxylation sites is 1. The van der Waals surface area contributed by atoms with Crippen molar-refractivity contribution in [1.29, 1.82) is 0 Å². The first-order valence-corrected chi connectivity index (χ1v) is 15.7. The van der Waals surface area contributed by atoms with Crippen molar-refractivity contribution in [2.45, 2.75) is 0 Å². The average Bonchev–Trinajstić information content (AvgIpc) is 3.59. The summed E-state index contributed by atoms with van der Waals surface area (Å²) in [7, 11) is 0. The largest absolute Gasteiger partial charge is 0.456 e. The van der Waals surface area contributed by atoms with Crippen molar-refractivity contribution in [3.8, 4) is 65.8 Å². The van der Waals surface area contributed by atoms with Crippen molar-refractivity contribution in [3.05, 3.63) is 158 Å². The van der Waals surface area contributed by atoms with Gasteiger partial charge in [-0.15, -0.1) is 11.3 Å². The maximum absolute atomic E-state index is 6.24. The third-order valence-electron chi connectivity index (χ3n) is 8.71. The summed E-state index contributed by atoms with van der Waals surface area (Å²) in [6.45, 7) is 0. The van der Waals surface area contributed by atoms with Crippen LogP contribution in [0.2, 0.25) is 0 Å². The highest BCUT2D eigenvalue weighted by Crippen LogP contribution is 2.48. The molecule has 0 saturated heterocycles. The lowest BCUT2D eigenvalue weighted by molar-refractivity contribution is 0.487. The van der Waals surface area contributed by atoms with Gasteiger partial charge in [0.1, 0.15) is 11.5 Å². The predicted molar refractivity (Wildman–Crippen MR) is 187 cm³/mol. The summed E-state index contributed by atoms with van der Waals surface area (Å²) in [5.41, 5.74) is 9.81. The molecule has 0 unspecified atom stereocenters. The molecule has 8 aromatic rings. The van der Waals surface area contributed by atoms with Gasteiger partial charge in [-0.3, -0.25) is 0 Å². The molecule has 0 spiro atoms. The van der Waals surface area contributed by atoms with E-state index in [0.717, 1.165) is 17.1 Å². The van der Waals surface area contributed by atoms with Crippen LogP contribution in [0.25, 0.3) is 75.8 Å². The van der Waals surface area contributed by atoms with Crippen LogP contribution in [0.1, 0.15) is 0 Å². The van der Waals surface area contributed by atoms with Gasteiger partial charge >= 0.3 is 0 Å². The Morgan fingerprint density at radius 1 is 0.364 bits per heavy atom. The minimum Gasteiger partial charge on any atom is -0.456 e. The molecule has 1 aliphatic heterocycles. The Morgan fingerprint density at radius 3 is 1.80 bits per heavy atom. The Bertz CT molecular complexity index is 2340. The van der Waals surface area contributed by atoms with Crippen molar-refractivity contribution in [2.24, 2.45) is 0 Å². The first-order chi connectivity index (χ1) is 21.8. The van der Waals surface area contributed by atoms with Crippen LogP contribution in [-0.2, 0) is 0 Å². The Labute approximate surface area is 260 Å². The van der Waals surface area contributed by atoms with E-state index in [1.807, 2.05) is 17.4 Å². The van der Waals surface area contributed by atoms with Gasteiger partial charge in [-0.25, -0.2) is 0 Å². The zero-order valence-corrected chi connectivity index (χ0v) is 24.6. The van der Waals surface area contributed by atoms with E-state index in [9.17, 15) is 0 Å². The topological polar surface area (TPSA) is 9.23 Å². The minimum atomic E-state index is 0.916. The Morgan fingerprint density at radius 2 is 0.955 bits per heavy atom. The molecule has 0 N–H and O–H groups in total. The molecule has 9 rings (SSSR count). The van der Waals surface area contributed by atoms with Gasteiger partial charge in [-0.1, -0.05) is 121 Å². The van der Waals surface area contributed by atoms with Crippen LogP contribution >= 0.6 is 11.3 Å². The highest BCUT2D eigenvalue weighted by Gasteiger charge is 2.21. The molecular formula is C42H26OS. The average molecular weight is 579 g/mol. The second-order valence-electron chi connectivity index (χ2n) is 11.3. The summed E-state index contributed by atoms with van der Waals surface area (Å²) in [6.07, 6.45) is 0. The van der Waals surface area contributed by atoms with Gasteiger partial charge in [-0.05, 0) is 91.5 Å². The van der Waals surface area contributed by atoms with E-state index in [-0.39, 0.29) is 0 Å². The molecule has 1 aliphatic rings.